The van der Waals surface area contributed by atoms with Gasteiger partial charge in [0.1, 0.15) is 9.84 Å². The quantitative estimate of drug-likeness (QED) is 0.604. The highest BCUT2D eigenvalue weighted by Crippen LogP contribution is 2.04. The maximum absolute atomic E-state index is 11.8. The Hall–Kier alpha value is 0.340. The monoisotopic (exact) mass is 335 g/mol. The summed E-state index contributed by atoms with van der Waals surface area (Å²) in [7, 11) is -6.68. The van der Waals surface area contributed by atoms with Gasteiger partial charge in [0.25, 0.3) is 0 Å². The third-order valence-corrected chi connectivity index (χ3v) is 5.71. The summed E-state index contributed by atoms with van der Waals surface area (Å²) in [5.74, 6) is -0.651. The molecule has 0 spiro atoms. The largest absolute Gasteiger partial charge is 0.229 e. The molecule has 0 amide bonds. The number of hydrogen-bond acceptors (Lipinski definition) is 4. The van der Waals surface area contributed by atoms with Crippen LogP contribution in [0.25, 0.3) is 0 Å². The standard InChI is InChI=1S/C8H18BrNO4S2/c1-3-10(6-4-5-9)16(13,14)8-7-15(2,11)12/h3-8H2,1-2H3. The Bertz CT molecular complexity index is 390. The van der Waals surface area contributed by atoms with Gasteiger partial charge in [-0.25, -0.2) is 21.1 Å². The fourth-order valence-electron chi connectivity index (χ4n) is 1.12. The van der Waals surface area contributed by atoms with Crippen molar-refractivity contribution in [1.82, 2.24) is 4.31 Å². The van der Waals surface area contributed by atoms with Gasteiger partial charge in [-0.1, -0.05) is 22.9 Å². The van der Waals surface area contributed by atoms with Gasteiger partial charge in [0, 0.05) is 24.7 Å². The molecule has 0 heterocycles. The van der Waals surface area contributed by atoms with Crippen LogP contribution in [0.15, 0.2) is 0 Å². The minimum atomic E-state index is -3.44. The van der Waals surface area contributed by atoms with E-state index in [0.29, 0.717) is 19.5 Å². The van der Waals surface area contributed by atoms with Crippen molar-refractivity contribution in [2.24, 2.45) is 0 Å². The van der Waals surface area contributed by atoms with E-state index < -0.39 is 19.9 Å². The van der Waals surface area contributed by atoms with Crippen LogP contribution in [-0.2, 0) is 19.9 Å². The Morgan fingerprint density at radius 3 is 2.06 bits per heavy atom. The number of sulfone groups is 1. The fourth-order valence-corrected chi connectivity index (χ4v) is 4.48. The Morgan fingerprint density at radius 2 is 1.69 bits per heavy atom. The first-order chi connectivity index (χ1) is 7.23. The maximum atomic E-state index is 11.8. The highest BCUT2D eigenvalue weighted by molar-refractivity contribution is 9.09. The van der Waals surface area contributed by atoms with Crippen molar-refractivity contribution < 1.29 is 16.8 Å². The molecule has 0 aromatic carbocycles. The van der Waals surface area contributed by atoms with Crippen molar-refractivity contribution in [3.63, 3.8) is 0 Å². The minimum Gasteiger partial charge on any atom is -0.229 e. The molecule has 0 bridgehead atoms. The number of nitrogens with zero attached hydrogens (tertiary/aromatic N) is 1. The predicted molar refractivity (Wildman–Crippen MR) is 69.2 cm³/mol. The molecule has 0 radical (unpaired) electrons. The summed E-state index contributed by atoms with van der Waals surface area (Å²) in [4.78, 5) is 0. The topological polar surface area (TPSA) is 71.5 Å². The van der Waals surface area contributed by atoms with E-state index in [2.05, 4.69) is 15.9 Å². The second-order valence-corrected chi connectivity index (χ2v) is 8.62. The van der Waals surface area contributed by atoms with Gasteiger partial charge >= 0.3 is 0 Å². The van der Waals surface area contributed by atoms with Crippen molar-refractivity contribution in [2.45, 2.75) is 13.3 Å². The molecule has 0 saturated heterocycles. The zero-order valence-electron chi connectivity index (χ0n) is 9.52. The van der Waals surface area contributed by atoms with Crippen LogP contribution in [0.5, 0.6) is 0 Å². The summed E-state index contributed by atoms with van der Waals surface area (Å²) in [5, 5.41) is 0.727. The molecule has 0 saturated carbocycles. The molecular formula is C8H18BrNO4S2. The summed E-state index contributed by atoms with van der Waals surface area (Å²) >= 11 is 3.23. The van der Waals surface area contributed by atoms with Gasteiger partial charge in [0.15, 0.2) is 0 Å². The SMILES string of the molecule is CCN(CCCBr)S(=O)(=O)CCS(C)(=O)=O. The van der Waals surface area contributed by atoms with Crippen LogP contribution in [-0.4, -0.2) is 57.3 Å². The van der Waals surface area contributed by atoms with Gasteiger partial charge in [-0.05, 0) is 6.42 Å². The zero-order valence-corrected chi connectivity index (χ0v) is 12.7. The second kappa shape index (κ2) is 6.93. The summed E-state index contributed by atoms with van der Waals surface area (Å²) in [5.41, 5.74) is 0. The van der Waals surface area contributed by atoms with Gasteiger partial charge < -0.3 is 0 Å². The average molecular weight is 336 g/mol. The molecule has 0 aliphatic heterocycles. The first kappa shape index (κ1) is 16.3. The van der Waals surface area contributed by atoms with Crippen molar-refractivity contribution in [2.75, 3.05) is 36.2 Å². The van der Waals surface area contributed by atoms with E-state index in [1.165, 1.54) is 4.31 Å². The number of hydrogen-bond donors (Lipinski definition) is 0. The number of sulfonamides is 1. The molecular weight excluding hydrogens is 318 g/mol. The van der Waals surface area contributed by atoms with Gasteiger partial charge in [0.05, 0.1) is 11.5 Å². The molecule has 0 aliphatic rings. The van der Waals surface area contributed by atoms with Crippen molar-refractivity contribution in [3.05, 3.63) is 0 Å². The van der Waals surface area contributed by atoms with Crippen LogP contribution in [0.1, 0.15) is 13.3 Å². The van der Waals surface area contributed by atoms with E-state index in [9.17, 15) is 16.8 Å². The summed E-state index contributed by atoms with van der Waals surface area (Å²) in [6.07, 6.45) is 1.75. The normalized spacial score (nSPS) is 13.2. The Labute approximate surface area is 106 Å². The first-order valence-electron chi connectivity index (χ1n) is 4.94. The first-order valence-corrected chi connectivity index (χ1v) is 9.73. The molecule has 0 unspecified atom stereocenters. The van der Waals surface area contributed by atoms with Gasteiger partial charge in [0.2, 0.25) is 10.0 Å². The molecule has 0 rings (SSSR count). The Kier molecular flexibility index (Phi) is 7.07. The Balaban J connectivity index is 4.50. The number of halogens is 1. The average Bonchev–Trinajstić information content (AvgIpc) is 2.15. The van der Waals surface area contributed by atoms with Crippen LogP contribution >= 0.6 is 15.9 Å². The molecule has 0 N–H and O–H groups in total. The molecule has 0 atom stereocenters. The highest BCUT2D eigenvalue weighted by atomic mass is 79.9. The molecule has 0 fully saturated rings. The molecule has 8 heteroatoms. The molecule has 5 nitrogen and oxygen atoms in total. The number of alkyl halides is 1. The number of rotatable bonds is 8. The van der Waals surface area contributed by atoms with Gasteiger partial charge in [-0.15, -0.1) is 0 Å². The third kappa shape index (κ3) is 6.82. The van der Waals surface area contributed by atoms with Crippen LogP contribution in [0.4, 0.5) is 0 Å². The van der Waals surface area contributed by atoms with Crippen LogP contribution in [0.3, 0.4) is 0 Å². The minimum absolute atomic E-state index is 0.319. The molecule has 0 aromatic rings. The maximum Gasteiger partial charge on any atom is 0.215 e. The lowest BCUT2D eigenvalue weighted by Gasteiger charge is -2.19. The molecule has 0 aliphatic carbocycles. The van der Waals surface area contributed by atoms with E-state index >= 15 is 0 Å². The Morgan fingerprint density at radius 1 is 1.12 bits per heavy atom. The van der Waals surface area contributed by atoms with Gasteiger partial charge in [-0.3, -0.25) is 0 Å². The smallest absolute Gasteiger partial charge is 0.215 e. The predicted octanol–water partition coefficient (Wildman–Crippen LogP) is 0.468. The lowest BCUT2D eigenvalue weighted by Crippen LogP contribution is -2.35. The van der Waals surface area contributed by atoms with E-state index in [0.717, 1.165) is 11.6 Å². The third-order valence-electron chi connectivity index (χ3n) is 2.00. The summed E-state index contributed by atoms with van der Waals surface area (Å²) in [6, 6.07) is 0. The van der Waals surface area contributed by atoms with E-state index in [-0.39, 0.29) is 11.5 Å². The lowest BCUT2D eigenvalue weighted by atomic mass is 10.5. The molecule has 16 heavy (non-hydrogen) atoms. The van der Waals surface area contributed by atoms with E-state index in [4.69, 9.17) is 0 Å². The second-order valence-electron chi connectivity index (χ2n) is 3.48. The van der Waals surface area contributed by atoms with Crippen LogP contribution in [0.2, 0.25) is 0 Å². The van der Waals surface area contributed by atoms with Gasteiger partial charge in [-0.2, -0.15) is 0 Å². The summed E-state index contributed by atoms with van der Waals surface area (Å²) < 4.78 is 46.7. The van der Waals surface area contributed by atoms with Crippen molar-refractivity contribution >= 4 is 35.8 Å². The molecule has 98 valence electrons. The molecule has 0 aromatic heterocycles. The van der Waals surface area contributed by atoms with E-state index in [1.807, 2.05) is 0 Å². The van der Waals surface area contributed by atoms with Crippen molar-refractivity contribution in [3.8, 4) is 0 Å². The van der Waals surface area contributed by atoms with Crippen molar-refractivity contribution in [1.29, 1.82) is 0 Å². The fraction of sp³-hybridized carbons (Fsp3) is 1.00. The van der Waals surface area contributed by atoms with Crippen LogP contribution in [0, 0.1) is 0 Å². The van der Waals surface area contributed by atoms with E-state index in [1.54, 1.807) is 6.92 Å². The van der Waals surface area contributed by atoms with Crippen LogP contribution < -0.4 is 0 Å². The summed E-state index contributed by atoms with van der Waals surface area (Å²) in [6.45, 7) is 2.54. The lowest BCUT2D eigenvalue weighted by molar-refractivity contribution is 0.429. The highest BCUT2D eigenvalue weighted by Gasteiger charge is 2.21. The zero-order chi connectivity index (χ0) is 12.8.